The van der Waals surface area contributed by atoms with Crippen LogP contribution in [0.4, 0.5) is 0 Å². The average molecular weight is 625 g/mol. The van der Waals surface area contributed by atoms with Gasteiger partial charge in [0.05, 0.1) is 0 Å². The Morgan fingerprint density at radius 1 is 0.432 bits per heavy atom. The third-order valence-corrected chi connectivity index (χ3v) is 8.22. The van der Waals surface area contributed by atoms with Crippen molar-refractivity contribution in [3.05, 3.63) is 0 Å². The summed E-state index contributed by atoms with van der Waals surface area (Å²) in [6.45, 7) is 11.1. The van der Waals surface area contributed by atoms with Crippen LogP contribution in [0.5, 0.6) is 0 Å². The second kappa shape index (κ2) is 31.4. The summed E-state index contributed by atoms with van der Waals surface area (Å²) in [5.74, 6) is 0.682. The molecule has 0 aromatic rings. The zero-order valence-corrected chi connectivity index (χ0v) is 29.8. The van der Waals surface area contributed by atoms with Gasteiger partial charge in [0, 0.05) is 19.3 Å². The molecule has 0 saturated heterocycles. The molecule has 0 aromatic heterocycles. The van der Waals surface area contributed by atoms with Crippen molar-refractivity contribution in [3.8, 4) is 0 Å². The van der Waals surface area contributed by atoms with Gasteiger partial charge in [-0.25, -0.2) is 0 Å². The third-order valence-electron chi connectivity index (χ3n) is 8.22. The molecule has 0 aromatic carbocycles. The Morgan fingerprint density at radius 2 is 0.750 bits per heavy atom. The zero-order chi connectivity index (χ0) is 32.7. The summed E-state index contributed by atoms with van der Waals surface area (Å²) >= 11 is 0. The zero-order valence-electron chi connectivity index (χ0n) is 29.8. The van der Waals surface area contributed by atoms with Gasteiger partial charge in [0.25, 0.3) is 0 Å². The summed E-state index contributed by atoms with van der Waals surface area (Å²) < 4.78 is 16.5. The van der Waals surface area contributed by atoms with Crippen molar-refractivity contribution in [3.63, 3.8) is 0 Å². The Kier molecular flexibility index (Phi) is 30.3. The molecule has 0 radical (unpaired) electrons. The molecule has 0 unspecified atom stereocenters. The van der Waals surface area contributed by atoms with E-state index in [1.54, 1.807) is 0 Å². The van der Waals surface area contributed by atoms with Gasteiger partial charge >= 0.3 is 17.9 Å². The van der Waals surface area contributed by atoms with Gasteiger partial charge in [0.2, 0.25) is 0 Å². The molecule has 44 heavy (non-hydrogen) atoms. The van der Waals surface area contributed by atoms with Crippen LogP contribution in [0.1, 0.15) is 195 Å². The smallest absolute Gasteiger partial charge is 0.306 e. The van der Waals surface area contributed by atoms with E-state index in [1.165, 1.54) is 77.0 Å². The largest absolute Gasteiger partial charge is 0.462 e. The lowest BCUT2D eigenvalue weighted by atomic mass is 10.0. The first-order chi connectivity index (χ1) is 21.2. The molecular formula is C38H72O6. The molecule has 0 aliphatic rings. The Morgan fingerprint density at radius 3 is 1.11 bits per heavy atom. The highest BCUT2D eigenvalue weighted by Crippen LogP contribution is 2.15. The molecule has 0 saturated carbocycles. The maximum Gasteiger partial charge on any atom is 0.306 e. The lowest BCUT2D eigenvalue weighted by Crippen LogP contribution is -2.30. The van der Waals surface area contributed by atoms with E-state index in [9.17, 15) is 14.4 Å². The monoisotopic (exact) mass is 625 g/mol. The van der Waals surface area contributed by atoms with Crippen molar-refractivity contribution >= 4 is 17.9 Å². The van der Waals surface area contributed by atoms with E-state index in [4.69, 9.17) is 14.2 Å². The third kappa shape index (κ3) is 31.8. The van der Waals surface area contributed by atoms with Crippen LogP contribution >= 0.6 is 0 Å². The number of rotatable bonds is 32. The number of carbonyl (C=O) groups excluding carboxylic acids is 3. The fourth-order valence-corrected chi connectivity index (χ4v) is 5.34. The highest BCUT2D eigenvalue weighted by Gasteiger charge is 2.19. The maximum absolute atomic E-state index is 12.6. The van der Waals surface area contributed by atoms with E-state index < -0.39 is 6.10 Å². The molecule has 6 nitrogen and oxygen atoms in total. The van der Waals surface area contributed by atoms with Gasteiger partial charge in [0.15, 0.2) is 6.10 Å². The van der Waals surface area contributed by atoms with Crippen molar-refractivity contribution in [1.29, 1.82) is 0 Å². The van der Waals surface area contributed by atoms with Crippen molar-refractivity contribution in [2.45, 2.75) is 201 Å². The molecule has 0 fully saturated rings. The number of unbranched alkanes of at least 4 members (excludes halogenated alkanes) is 17. The fourth-order valence-electron chi connectivity index (χ4n) is 5.34. The SMILES string of the molecule is CCCCCCCC(=O)OC[C@H](COC(=O)CCCCCCCCC(C)C)OC(=O)CCCCCCCCCCCC(C)C. The van der Waals surface area contributed by atoms with Crippen molar-refractivity contribution in [1.82, 2.24) is 0 Å². The molecule has 0 spiro atoms. The van der Waals surface area contributed by atoms with Gasteiger partial charge in [-0.15, -0.1) is 0 Å². The van der Waals surface area contributed by atoms with Crippen LogP contribution in [0.2, 0.25) is 0 Å². The quantitative estimate of drug-likeness (QED) is 0.0421. The minimum absolute atomic E-state index is 0.0687. The Balaban J connectivity index is 4.30. The summed E-state index contributed by atoms with van der Waals surface area (Å²) in [4.78, 5) is 37.1. The van der Waals surface area contributed by atoms with Gasteiger partial charge < -0.3 is 14.2 Å². The van der Waals surface area contributed by atoms with Crippen LogP contribution in [0, 0.1) is 11.8 Å². The summed E-state index contributed by atoms with van der Waals surface area (Å²) in [7, 11) is 0. The van der Waals surface area contributed by atoms with E-state index in [0.717, 1.165) is 76.0 Å². The molecule has 0 aliphatic heterocycles. The van der Waals surface area contributed by atoms with Crippen molar-refractivity contribution in [2.75, 3.05) is 13.2 Å². The highest BCUT2D eigenvalue weighted by atomic mass is 16.6. The highest BCUT2D eigenvalue weighted by molar-refractivity contribution is 5.71. The second-order valence-electron chi connectivity index (χ2n) is 13.8. The minimum Gasteiger partial charge on any atom is -0.462 e. The lowest BCUT2D eigenvalue weighted by Gasteiger charge is -2.18. The van der Waals surface area contributed by atoms with E-state index in [1.807, 2.05) is 0 Å². The van der Waals surface area contributed by atoms with E-state index in [2.05, 4.69) is 34.6 Å². The number of carbonyl (C=O) groups is 3. The minimum atomic E-state index is -0.757. The van der Waals surface area contributed by atoms with Crippen molar-refractivity contribution in [2.24, 2.45) is 11.8 Å². The second-order valence-corrected chi connectivity index (χ2v) is 13.8. The van der Waals surface area contributed by atoms with E-state index in [-0.39, 0.29) is 31.1 Å². The Hall–Kier alpha value is -1.59. The number of esters is 3. The molecule has 0 amide bonds. The summed E-state index contributed by atoms with van der Waals surface area (Å²) in [5.41, 5.74) is 0. The van der Waals surface area contributed by atoms with Crippen molar-refractivity contribution < 1.29 is 28.6 Å². The topological polar surface area (TPSA) is 78.9 Å². The first kappa shape index (κ1) is 42.4. The van der Waals surface area contributed by atoms with E-state index in [0.29, 0.717) is 19.3 Å². The van der Waals surface area contributed by atoms with Crippen LogP contribution < -0.4 is 0 Å². The first-order valence-electron chi connectivity index (χ1n) is 18.7. The first-order valence-corrected chi connectivity index (χ1v) is 18.7. The van der Waals surface area contributed by atoms with Gasteiger partial charge in [0.1, 0.15) is 13.2 Å². The molecule has 6 heteroatoms. The maximum atomic E-state index is 12.6. The van der Waals surface area contributed by atoms with Crippen LogP contribution in [-0.2, 0) is 28.6 Å². The number of hydrogen-bond donors (Lipinski definition) is 0. The summed E-state index contributed by atoms with van der Waals surface area (Å²) in [6, 6.07) is 0. The molecule has 0 rings (SSSR count). The molecular weight excluding hydrogens is 552 g/mol. The lowest BCUT2D eigenvalue weighted by molar-refractivity contribution is -0.167. The van der Waals surface area contributed by atoms with Gasteiger partial charge in [-0.2, -0.15) is 0 Å². The molecule has 0 heterocycles. The van der Waals surface area contributed by atoms with Crippen LogP contribution in [-0.4, -0.2) is 37.2 Å². The van der Waals surface area contributed by atoms with Gasteiger partial charge in [-0.1, -0.05) is 157 Å². The number of ether oxygens (including phenoxy) is 3. The Labute approximate surface area is 272 Å². The normalized spacial score (nSPS) is 12.1. The summed E-state index contributed by atoms with van der Waals surface area (Å²) in [5, 5.41) is 0. The van der Waals surface area contributed by atoms with Gasteiger partial charge in [-0.05, 0) is 31.1 Å². The van der Waals surface area contributed by atoms with Crippen LogP contribution in [0.25, 0.3) is 0 Å². The molecule has 0 aliphatic carbocycles. The predicted molar refractivity (Wildman–Crippen MR) is 183 cm³/mol. The molecule has 0 bridgehead atoms. The molecule has 260 valence electrons. The molecule has 0 N–H and O–H groups in total. The van der Waals surface area contributed by atoms with E-state index >= 15 is 0 Å². The van der Waals surface area contributed by atoms with Gasteiger partial charge in [-0.3, -0.25) is 14.4 Å². The fraction of sp³-hybridized carbons (Fsp3) is 0.921. The molecule has 1 atom stereocenters. The standard InChI is InChI=1S/C38H72O6/c1-6-7-8-16-23-28-36(39)42-31-35(32-43-37(40)29-24-19-15-14-18-22-27-34(4)5)44-38(41)30-25-20-13-11-9-10-12-17-21-26-33(2)3/h33-35H,6-32H2,1-5H3/t35-/m1/s1. The predicted octanol–water partition coefficient (Wildman–Crippen LogP) is 11.1. The van der Waals surface area contributed by atoms with Crippen LogP contribution in [0.15, 0.2) is 0 Å². The number of hydrogen-bond acceptors (Lipinski definition) is 6. The Bertz CT molecular complexity index is 674. The van der Waals surface area contributed by atoms with Crippen LogP contribution in [0.3, 0.4) is 0 Å². The average Bonchev–Trinajstić information content (AvgIpc) is 2.98. The summed E-state index contributed by atoms with van der Waals surface area (Å²) in [6.07, 6.45) is 25.6.